The van der Waals surface area contributed by atoms with Gasteiger partial charge in [0.25, 0.3) is 0 Å². The van der Waals surface area contributed by atoms with Gasteiger partial charge in [-0.15, -0.1) is 11.8 Å². The number of thioether (sulfide) groups is 1. The Morgan fingerprint density at radius 3 is 2.37 bits per heavy atom. The second kappa shape index (κ2) is 8.77. The smallest absolute Gasteiger partial charge is 0.244 e. The van der Waals surface area contributed by atoms with Crippen molar-refractivity contribution in [3.63, 3.8) is 0 Å². The zero-order valence-electron chi connectivity index (χ0n) is 14.9. The fourth-order valence-electron chi connectivity index (χ4n) is 3.11. The van der Waals surface area contributed by atoms with Gasteiger partial charge in [0, 0.05) is 34.1 Å². The molecule has 3 rings (SSSR count). The van der Waals surface area contributed by atoms with E-state index in [0.29, 0.717) is 30.8 Å². The molecule has 1 saturated heterocycles. The van der Waals surface area contributed by atoms with E-state index in [0.717, 1.165) is 15.1 Å². The Morgan fingerprint density at radius 1 is 1.11 bits per heavy atom. The molecule has 1 aliphatic rings. The molecule has 0 spiro atoms. The van der Waals surface area contributed by atoms with Gasteiger partial charge in [-0.25, -0.2) is 8.42 Å². The molecule has 1 aliphatic heterocycles. The molecule has 144 valence electrons. The van der Waals surface area contributed by atoms with E-state index in [1.165, 1.54) is 16.1 Å². The number of carbonyl (C=O) groups is 1. The van der Waals surface area contributed by atoms with Crippen LogP contribution in [0.25, 0.3) is 0 Å². The number of piperidine rings is 1. The molecule has 0 radical (unpaired) electrons. The number of nitrogens with one attached hydrogen (secondary N) is 1. The molecule has 0 saturated carbocycles. The van der Waals surface area contributed by atoms with E-state index >= 15 is 0 Å². The maximum atomic E-state index is 13.0. The molecular weight excluding hydrogens is 448 g/mol. The van der Waals surface area contributed by atoms with Crippen LogP contribution < -0.4 is 5.32 Å². The van der Waals surface area contributed by atoms with Crippen LogP contribution in [-0.2, 0) is 14.8 Å². The minimum Gasteiger partial charge on any atom is -0.326 e. The lowest BCUT2D eigenvalue weighted by molar-refractivity contribution is -0.120. The summed E-state index contributed by atoms with van der Waals surface area (Å²) in [5, 5.41) is 2.91. The van der Waals surface area contributed by atoms with Gasteiger partial charge in [0.15, 0.2) is 0 Å². The highest BCUT2D eigenvalue weighted by Gasteiger charge is 2.33. The van der Waals surface area contributed by atoms with Gasteiger partial charge in [-0.2, -0.15) is 4.31 Å². The summed E-state index contributed by atoms with van der Waals surface area (Å²) in [7, 11) is -3.54. The summed E-state index contributed by atoms with van der Waals surface area (Å²) in [6, 6.07) is 14.4. The van der Waals surface area contributed by atoms with Crippen LogP contribution in [0.3, 0.4) is 0 Å². The number of sulfonamides is 1. The molecule has 8 heteroatoms. The number of hydrogen-bond acceptors (Lipinski definition) is 4. The molecule has 0 aromatic heterocycles. The average Bonchev–Trinajstić information content (AvgIpc) is 2.69. The number of hydrogen-bond donors (Lipinski definition) is 1. The lowest BCUT2D eigenvalue weighted by atomic mass is 9.97. The molecule has 1 amide bonds. The highest BCUT2D eigenvalue weighted by atomic mass is 79.9. The largest absolute Gasteiger partial charge is 0.326 e. The highest BCUT2D eigenvalue weighted by Crippen LogP contribution is 2.30. The van der Waals surface area contributed by atoms with E-state index in [2.05, 4.69) is 21.2 Å². The Hall–Kier alpha value is -1.35. The third kappa shape index (κ3) is 4.74. The summed E-state index contributed by atoms with van der Waals surface area (Å²) < 4.78 is 28.4. The van der Waals surface area contributed by atoms with Crippen molar-refractivity contribution < 1.29 is 13.2 Å². The molecule has 0 bridgehead atoms. The zero-order valence-corrected chi connectivity index (χ0v) is 18.1. The van der Waals surface area contributed by atoms with E-state index in [-0.39, 0.29) is 11.8 Å². The van der Waals surface area contributed by atoms with Crippen LogP contribution in [0.1, 0.15) is 12.8 Å². The van der Waals surface area contributed by atoms with Crippen molar-refractivity contribution >= 4 is 49.3 Å². The Bertz CT molecular complexity index is 909. The predicted octanol–water partition coefficient (Wildman–Crippen LogP) is 4.21. The maximum absolute atomic E-state index is 13.0. The van der Waals surface area contributed by atoms with Gasteiger partial charge in [0.1, 0.15) is 0 Å². The number of benzene rings is 2. The summed E-state index contributed by atoms with van der Waals surface area (Å²) >= 11 is 4.79. The standard InChI is InChI=1S/C19H21BrN2O3S2/c1-26-17-4-2-3-5-18(17)27(24,25)22-12-10-14(11-13-22)19(23)21-16-8-6-15(20)7-9-16/h2-9,14H,10-13H2,1H3,(H,21,23). The zero-order chi connectivity index (χ0) is 19.4. The molecule has 1 fully saturated rings. The molecule has 1 N–H and O–H groups in total. The summed E-state index contributed by atoms with van der Waals surface area (Å²) in [6.07, 6.45) is 2.90. The van der Waals surface area contributed by atoms with Gasteiger partial charge in [-0.1, -0.05) is 28.1 Å². The molecule has 2 aromatic carbocycles. The second-order valence-corrected chi connectivity index (χ2v) is 10.00. The van der Waals surface area contributed by atoms with Crippen LogP contribution in [0.4, 0.5) is 5.69 Å². The molecular formula is C19H21BrN2O3S2. The average molecular weight is 469 g/mol. The fraction of sp³-hybridized carbons (Fsp3) is 0.316. The highest BCUT2D eigenvalue weighted by molar-refractivity contribution is 9.10. The van der Waals surface area contributed by atoms with Crippen molar-refractivity contribution in [2.24, 2.45) is 5.92 Å². The Kier molecular flexibility index (Phi) is 6.62. The van der Waals surface area contributed by atoms with Crippen LogP contribution >= 0.6 is 27.7 Å². The second-order valence-electron chi connectivity index (χ2n) is 6.33. The van der Waals surface area contributed by atoms with Crippen LogP contribution in [0.2, 0.25) is 0 Å². The molecule has 27 heavy (non-hydrogen) atoms. The monoisotopic (exact) mass is 468 g/mol. The quantitative estimate of drug-likeness (QED) is 0.667. The molecule has 1 heterocycles. The number of anilines is 1. The summed E-state index contributed by atoms with van der Waals surface area (Å²) in [6.45, 7) is 0.701. The SMILES string of the molecule is CSc1ccccc1S(=O)(=O)N1CCC(C(=O)Nc2ccc(Br)cc2)CC1. The van der Waals surface area contributed by atoms with E-state index in [1.807, 2.05) is 42.7 Å². The molecule has 0 aliphatic carbocycles. The first-order valence-electron chi connectivity index (χ1n) is 8.61. The Labute approximate surface area is 172 Å². The first-order valence-corrected chi connectivity index (χ1v) is 12.1. The van der Waals surface area contributed by atoms with Gasteiger partial charge in [0.05, 0.1) is 4.90 Å². The van der Waals surface area contributed by atoms with Gasteiger partial charge in [-0.05, 0) is 55.5 Å². The van der Waals surface area contributed by atoms with E-state index in [1.54, 1.807) is 12.1 Å². The molecule has 0 atom stereocenters. The van der Waals surface area contributed by atoms with Crippen molar-refractivity contribution in [1.29, 1.82) is 0 Å². The van der Waals surface area contributed by atoms with Crippen molar-refractivity contribution in [2.45, 2.75) is 22.6 Å². The topological polar surface area (TPSA) is 66.5 Å². The molecule has 2 aromatic rings. The van der Waals surface area contributed by atoms with Crippen LogP contribution in [0.5, 0.6) is 0 Å². The van der Waals surface area contributed by atoms with Crippen molar-refractivity contribution in [1.82, 2.24) is 4.31 Å². The summed E-state index contributed by atoms with van der Waals surface area (Å²) in [5.41, 5.74) is 0.743. The number of amides is 1. The van der Waals surface area contributed by atoms with E-state index in [4.69, 9.17) is 0 Å². The van der Waals surface area contributed by atoms with Gasteiger partial charge in [-0.3, -0.25) is 4.79 Å². The third-order valence-corrected chi connectivity index (χ3v) is 8.03. The fourth-order valence-corrected chi connectivity index (χ4v) is 5.96. The first kappa shape index (κ1) is 20.4. The number of carbonyl (C=O) groups excluding carboxylic acids is 1. The normalized spacial score (nSPS) is 16.2. The minimum atomic E-state index is -3.54. The summed E-state index contributed by atoms with van der Waals surface area (Å²) in [4.78, 5) is 13.6. The van der Waals surface area contributed by atoms with Gasteiger partial charge < -0.3 is 5.32 Å². The van der Waals surface area contributed by atoms with Gasteiger partial charge >= 0.3 is 0 Å². The predicted molar refractivity (Wildman–Crippen MR) is 112 cm³/mol. The molecule has 0 unspecified atom stereocenters. The van der Waals surface area contributed by atoms with E-state index < -0.39 is 10.0 Å². The third-order valence-electron chi connectivity index (χ3n) is 4.62. The van der Waals surface area contributed by atoms with Crippen LogP contribution in [-0.4, -0.2) is 38.0 Å². The van der Waals surface area contributed by atoms with Gasteiger partial charge in [0.2, 0.25) is 15.9 Å². The minimum absolute atomic E-state index is 0.0566. The van der Waals surface area contributed by atoms with E-state index in [9.17, 15) is 13.2 Å². The van der Waals surface area contributed by atoms with Crippen molar-refractivity contribution in [3.05, 3.63) is 53.0 Å². The number of halogens is 1. The number of nitrogens with zero attached hydrogens (tertiary/aromatic N) is 1. The van der Waals surface area contributed by atoms with Crippen molar-refractivity contribution in [3.8, 4) is 0 Å². The maximum Gasteiger partial charge on any atom is 0.244 e. The Morgan fingerprint density at radius 2 is 1.74 bits per heavy atom. The first-order chi connectivity index (χ1) is 12.9. The molecule has 5 nitrogen and oxygen atoms in total. The lowest BCUT2D eigenvalue weighted by Crippen LogP contribution is -2.41. The number of rotatable bonds is 5. The van der Waals surface area contributed by atoms with Crippen molar-refractivity contribution in [2.75, 3.05) is 24.7 Å². The lowest BCUT2D eigenvalue weighted by Gasteiger charge is -2.31. The Balaban J connectivity index is 1.64. The van der Waals surface area contributed by atoms with Crippen LogP contribution in [0, 0.1) is 5.92 Å². The summed E-state index contributed by atoms with van der Waals surface area (Å²) in [5.74, 6) is -0.241. The van der Waals surface area contributed by atoms with Crippen LogP contribution in [0.15, 0.2) is 62.8 Å².